The summed E-state index contributed by atoms with van der Waals surface area (Å²) in [4.78, 5) is 14.8. The monoisotopic (exact) mass is 303 g/mol. The number of fused-ring (bicyclic) bond motifs is 3. The number of aliphatic hydroxyl groups excluding tert-OH is 1. The molecule has 120 valence electrons. The summed E-state index contributed by atoms with van der Waals surface area (Å²) in [5, 5.41) is 10.3. The van der Waals surface area contributed by atoms with E-state index in [1.807, 2.05) is 25.1 Å². The number of carbonyl (C=O) groups excluding carboxylic acids is 1. The standard InChI is InChI=1S/C18H25NO3/c1-3-22-18(21)17-15-10-9-14(11-16(15)20)19(17)12(2)13-7-5-4-6-8-13/h4-8,12,14-17,20H,3,9-11H2,1-2H3/t12-,14-,15-,16?,17-/m1/s1. The van der Waals surface area contributed by atoms with E-state index in [4.69, 9.17) is 4.74 Å². The zero-order valence-electron chi connectivity index (χ0n) is 13.3. The number of hydrogen-bond acceptors (Lipinski definition) is 4. The lowest BCUT2D eigenvalue weighted by Crippen LogP contribution is -2.63. The van der Waals surface area contributed by atoms with E-state index in [9.17, 15) is 9.90 Å². The van der Waals surface area contributed by atoms with E-state index in [2.05, 4.69) is 24.0 Å². The van der Waals surface area contributed by atoms with Gasteiger partial charge in [0.1, 0.15) is 6.04 Å². The van der Waals surface area contributed by atoms with Crippen molar-refractivity contribution < 1.29 is 14.6 Å². The third-order valence-corrected chi connectivity index (χ3v) is 5.25. The Morgan fingerprint density at radius 3 is 2.73 bits per heavy atom. The number of nitrogens with zero attached hydrogens (tertiary/aromatic N) is 1. The molecular weight excluding hydrogens is 278 g/mol. The molecular formula is C18H25NO3. The van der Waals surface area contributed by atoms with Gasteiger partial charge in [-0.25, -0.2) is 0 Å². The van der Waals surface area contributed by atoms with E-state index in [1.165, 1.54) is 5.56 Å². The zero-order chi connectivity index (χ0) is 15.7. The van der Waals surface area contributed by atoms with Crippen LogP contribution >= 0.6 is 0 Å². The van der Waals surface area contributed by atoms with Crippen LogP contribution in [0.1, 0.15) is 44.7 Å². The lowest BCUT2D eigenvalue weighted by molar-refractivity contribution is -0.171. The summed E-state index contributed by atoms with van der Waals surface area (Å²) in [6.07, 6.45) is 2.34. The van der Waals surface area contributed by atoms with Crippen molar-refractivity contribution in [3.05, 3.63) is 35.9 Å². The van der Waals surface area contributed by atoms with Gasteiger partial charge in [0.25, 0.3) is 0 Å². The molecule has 5 atom stereocenters. The lowest BCUT2D eigenvalue weighted by atomic mass is 9.71. The van der Waals surface area contributed by atoms with Crippen molar-refractivity contribution in [2.24, 2.45) is 5.92 Å². The highest BCUT2D eigenvalue weighted by Crippen LogP contribution is 2.44. The van der Waals surface area contributed by atoms with Crippen molar-refractivity contribution in [2.45, 2.75) is 57.3 Å². The van der Waals surface area contributed by atoms with E-state index in [-0.39, 0.29) is 36.1 Å². The quantitative estimate of drug-likeness (QED) is 0.868. The highest BCUT2D eigenvalue weighted by molar-refractivity contribution is 5.77. The molecule has 1 aromatic carbocycles. The van der Waals surface area contributed by atoms with E-state index in [0.717, 1.165) is 19.3 Å². The molecule has 2 heterocycles. The third-order valence-electron chi connectivity index (χ3n) is 5.25. The minimum atomic E-state index is -0.382. The molecule has 0 radical (unpaired) electrons. The summed E-state index contributed by atoms with van der Waals surface area (Å²) in [5.41, 5.74) is 1.21. The van der Waals surface area contributed by atoms with E-state index >= 15 is 0 Å². The maximum absolute atomic E-state index is 12.5. The van der Waals surface area contributed by atoms with Crippen LogP contribution in [0.15, 0.2) is 30.3 Å². The fourth-order valence-corrected chi connectivity index (χ4v) is 4.22. The summed E-state index contributed by atoms with van der Waals surface area (Å²) >= 11 is 0. The van der Waals surface area contributed by atoms with Gasteiger partial charge in [0.2, 0.25) is 0 Å². The maximum atomic E-state index is 12.5. The number of esters is 1. The van der Waals surface area contributed by atoms with Crippen LogP contribution in [-0.2, 0) is 9.53 Å². The molecule has 3 aliphatic rings. The first-order valence-corrected chi connectivity index (χ1v) is 8.30. The first-order chi connectivity index (χ1) is 10.6. The van der Waals surface area contributed by atoms with Gasteiger partial charge in [-0.15, -0.1) is 0 Å². The molecule has 2 aliphatic heterocycles. The molecule has 4 rings (SSSR count). The molecule has 0 amide bonds. The smallest absolute Gasteiger partial charge is 0.323 e. The van der Waals surface area contributed by atoms with Gasteiger partial charge in [0.05, 0.1) is 12.7 Å². The summed E-state index contributed by atoms with van der Waals surface area (Å²) in [5.74, 6) is -0.186. The fourth-order valence-electron chi connectivity index (χ4n) is 4.22. The van der Waals surface area contributed by atoms with Gasteiger partial charge in [-0.1, -0.05) is 30.3 Å². The molecule has 22 heavy (non-hydrogen) atoms. The molecule has 4 nitrogen and oxygen atoms in total. The molecule has 1 aromatic rings. The van der Waals surface area contributed by atoms with Crippen LogP contribution in [0, 0.1) is 5.92 Å². The predicted molar refractivity (Wildman–Crippen MR) is 84.3 cm³/mol. The molecule has 4 heteroatoms. The molecule has 1 saturated carbocycles. The van der Waals surface area contributed by atoms with Gasteiger partial charge in [-0.3, -0.25) is 9.69 Å². The number of benzene rings is 1. The molecule has 2 bridgehead atoms. The van der Waals surface area contributed by atoms with E-state index in [1.54, 1.807) is 0 Å². The Bertz CT molecular complexity index is 518. The van der Waals surface area contributed by atoms with Crippen LogP contribution in [0.3, 0.4) is 0 Å². The van der Waals surface area contributed by atoms with Crippen molar-refractivity contribution >= 4 is 5.97 Å². The first-order valence-electron chi connectivity index (χ1n) is 8.30. The Labute approximate surface area is 132 Å². The van der Waals surface area contributed by atoms with Crippen LogP contribution in [0.25, 0.3) is 0 Å². The topological polar surface area (TPSA) is 49.8 Å². The van der Waals surface area contributed by atoms with Gasteiger partial charge in [-0.2, -0.15) is 0 Å². The van der Waals surface area contributed by atoms with Crippen molar-refractivity contribution in [1.82, 2.24) is 4.90 Å². The summed E-state index contributed by atoms with van der Waals surface area (Å²) in [6, 6.07) is 10.4. The number of carbonyl (C=O) groups is 1. The molecule has 3 fully saturated rings. The number of aliphatic hydroxyl groups is 1. The van der Waals surface area contributed by atoms with Gasteiger partial charge >= 0.3 is 5.97 Å². The average molecular weight is 303 g/mol. The average Bonchev–Trinajstić information content (AvgIpc) is 2.55. The SMILES string of the molecule is CCOC(=O)[C@H]1[C@@H]2CC[C@H](CC2O)N1[C@H](C)c1ccccc1. The Kier molecular flexibility index (Phi) is 4.50. The lowest BCUT2D eigenvalue weighted by Gasteiger charge is -2.54. The Morgan fingerprint density at radius 1 is 1.36 bits per heavy atom. The summed E-state index contributed by atoms with van der Waals surface area (Å²) < 4.78 is 5.31. The Balaban J connectivity index is 1.91. The zero-order valence-corrected chi connectivity index (χ0v) is 13.3. The van der Waals surface area contributed by atoms with E-state index < -0.39 is 0 Å². The van der Waals surface area contributed by atoms with Crippen LogP contribution in [0.2, 0.25) is 0 Å². The van der Waals surface area contributed by atoms with Crippen molar-refractivity contribution in [3.63, 3.8) is 0 Å². The molecule has 1 unspecified atom stereocenters. The van der Waals surface area contributed by atoms with E-state index in [0.29, 0.717) is 6.61 Å². The largest absolute Gasteiger partial charge is 0.465 e. The minimum Gasteiger partial charge on any atom is -0.465 e. The number of ether oxygens (including phenoxy) is 1. The second-order valence-electron chi connectivity index (χ2n) is 6.43. The second-order valence-corrected chi connectivity index (χ2v) is 6.43. The summed E-state index contributed by atoms with van der Waals surface area (Å²) in [6.45, 7) is 4.37. The van der Waals surface area contributed by atoms with Crippen LogP contribution in [0.5, 0.6) is 0 Å². The predicted octanol–water partition coefficient (Wildman–Crippen LogP) is 2.52. The van der Waals surface area contributed by atoms with Gasteiger partial charge in [-0.05, 0) is 38.7 Å². The van der Waals surface area contributed by atoms with Crippen LogP contribution in [0.4, 0.5) is 0 Å². The molecule has 2 saturated heterocycles. The summed E-state index contributed by atoms with van der Waals surface area (Å²) in [7, 11) is 0. The van der Waals surface area contributed by atoms with Gasteiger partial charge in [0, 0.05) is 18.0 Å². The normalized spacial score (nSPS) is 32.7. The second kappa shape index (κ2) is 6.39. The van der Waals surface area contributed by atoms with Crippen molar-refractivity contribution in [1.29, 1.82) is 0 Å². The highest BCUT2D eigenvalue weighted by atomic mass is 16.5. The number of rotatable bonds is 4. The fraction of sp³-hybridized carbons (Fsp3) is 0.611. The van der Waals surface area contributed by atoms with Crippen LogP contribution in [-0.4, -0.2) is 40.8 Å². The van der Waals surface area contributed by atoms with Crippen molar-refractivity contribution in [3.8, 4) is 0 Å². The number of piperidine rings is 2. The maximum Gasteiger partial charge on any atom is 0.323 e. The van der Waals surface area contributed by atoms with Crippen molar-refractivity contribution in [2.75, 3.05) is 6.61 Å². The first kappa shape index (κ1) is 15.5. The molecule has 1 N–H and O–H groups in total. The minimum absolute atomic E-state index is 0.00443. The van der Waals surface area contributed by atoms with Gasteiger partial charge in [0.15, 0.2) is 0 Å². The van der Waals surface area contributed by atoms with Gasteiger partial charge < -0.3 is 9.84 Å². The Hall–Kier alpha value is -1.39. The van der Waals surface area contributed by atoms with Crippen LogP contribution < -0.4 is 0 Å². The highest BCUT2D eigenvalue weighted by Gasteiger charge is 2.51. The Morgan fingerprint density at radius 2 is 2.09 bits per heavy atom. The number of hydrogen-bond donors (Lipinski definition) is 1. The molecule has 0 aromatic heterocycles. The molecule has 0 spiro atoms. The molecule has 1 aliphatic carbocycles. The third kappa shape index (κ3) is 2.66.